The van der Waals surface area contributed by atoms with Gasteiger partial charge in [-0.05, 0) is 18.8 Å². The lowest BCUT2D eigenvalue weighted by Crippen LogP contribution is -2.18. The standard InChI is InChI=1S/C11H13ClN6S/c12-6-4-16-11(9(15)19)18-10(6)17-8(14)3-7(13)5-1-2-5/h4-5,13H,1-3H2,(H2,15,19)(H2,14,16,17,18). The Morgan fingerprint density at radius 2 is 2.21 bits per heavy atom. The highest BCUT2D eigenvalue weighted by molar-refractivity contribution is 7.80. The van der Waals surface area contributed by atoms with Crippen LogP contribution in [0.15, 0.2) is 11.2 Å². The molecule has 1 fully saturated rings. The van der Waals surface area contributed by atoms with E-state index in [9.17, 15) is 0 Å². The van der Waals surface area contributed by atoms with Crippen LogP contribution in [-0.4, -0.2) is 26.5 Å². The fraction of sp³-hybridized carbons (Fsp3) is 0.364. The molecule has 8 heteroatoms. The maximum absolute atomic E-state index is 7.80. The minimum atomic E-state index is 0.0670. The molecule has 1 aromatic rings. The van der Waals surface area contributed by atoms with Crippen LogP contribution in [0.5, 0.6) is 0 Å². The first-order chi connectivity index (χ1) is 8.97. The van der Waals surface area contributed by atoms with Gasteiger partial charge in [-0.1, -0.05) is 23.8 Å². The van der Waals surface area contributed by atoms with Crippen LogP contribution in [-0.2, 0) is 0 Å². The number of nitrogens with two attached hydrogens (primary N) is 2. The molecule has 19 heavy (non-hydrogen) atoms. The molecular formula is C11H13ClN6S. The van der Waals surface area contributed by atoms with Gasteiger partial charge in [0.1, 0.15) is 15.8 Å². The zero-order chi connectivity index (χ0) is 14.0. The largest absolute Gasteiger partial charge is 0.387 e. The Balaban J connectivity index is 2.17. The van der Waals surface area contributed by atoms with Crippen molar-refractivity contribution in [2.45, 2.75) is 19.3 Å². The summed E-state index contributed by atoms with van der Waals surface area (Å²) >= 11 is 10.7. The summed E-state index contributed by atoms with van der Waals surface area (Å²) in [5.41, 5.74) is 11.8. The average molecular weight is 297 g/mol. The number of thiocarbonyl (C=S) groups is 1. The minimum Gasteiger partial charge on any atom is -0.387 e. The summed E-state index contributed by atoms with van der Waals surface area (Å²) in [4.78, 5) is 12.1. The number of aromatic nitrogens is 2. The Bertz CT molecular complexity index is 566. The molecule has 2 rings (SSSR count). The van der Waals surface area contributed by atoms with Gasteiger partial charge in [0.05, 0.1) is 6.20 Å². The number of aliphatic imine (C=N–C) groups is 1. The maximum atomic E-state index is 7.80. The Morgan fingerprint density at radius 1 is 1.53 bits per heavy atom. The Morgan fingerprint density at radius 3 is 2.79 bits per heavy atom. The molecule has 100 valence electrons. The fourth-order valence-corrected chi connectivity index (χ4v) is 1.73. The summed E-state index contributed by atoms with van der Waals surface area (Å²) in [6.07, 6.45) is 3.83. The molecule has 0 bridgehead atoms. The third-order valence-electron chi connectivity index (χ3n) is 2.64. The normalized spacial score (nSPS) is 15.3. The van der Waals surface area contributed by atoms with E-state index >= 15 is 0 Å². The van der Waals surface area contributed by atoms with E-state index < -0.39 is 0 Å². The molecule has 1 saturated carbocycles. The molecular weight excluding hydrogens is 284 g/mol. The molecule has 0 spiro atoms. The number of hydrogen-bond donors (Lipinski definition) is 3. The number of amidine groups is 1. The molecule has 0 atom stereocenters. The van der Waals surface area contributed by atoms with Gasteiger partial charge in [0, 0.05) is 12.1 Å². The van der Waals surface area contributed by atoms with Crippen molar-refractivity contribution in [3.63, 3.8) is 0 Å². The fourth-order valence-electron chi connectivity index (χ4n) is 1.50. The second kappa shape index (κ2) is 5.58. The van der Waals surface area contributed by atoms with Crippen molar-refractivity contribution in [1.82, 2.24) is 9.97 Å². The monoisotopic (exact) mass is 296 g/mol. The molecule has 0 saturated heterocycles. The van der Waals surface area contributed by atoms with Crippen molar-refractivity contribution in [2.24, 2.45) is 22.4 Å². The highest BCUT2D eigenvalue weighted by atomic mass is 35.5. The van der Waals surface area contributed by atoms with Crippen molar-refractivity contribution in [3.8, 4) is 0 Å². The van der Waals surface area contributed by atoms with Crippen molar-refractivity contribution >= 4 is 46.2 Å². The summed E-state index contributed by atoms with van der Waals surface area (Å²) in [6, 6.07) is 0. The van der Waals surface area contributed by atoms with Crippen LogP contribution in [0.25, 0.3) is 0 Å². The first-order valence-electron chi connectivity index (χ1n) is 5.70. The molecule has 5 N–H and O–H groups in total. The van der Waals surface area contributed by atoms with E-state index in [0.717, 1.165) is 12.8 Å². The van der Waals surface area contributed by atoms with Gasteiger partial charge < -0.3 is 16.9 Å². The van der Waals surface area contributed by atoms with Gasteiger partial charge in [-0.3, -0.25) is 0 Å². The van der Waals surface area contributed by atoms with Gasteiger partial charge in [0.2, 0.25) is 0 Å². The Labute approximate surface area is 120 Å². The van der Waals surface area contributed by atoms with E-state index in [2.05, 4.69) is 15.0 Å². The van der Waals surface area contributed by atoms with Crippen molar-refractivity contribution in [2.75, 3.05) is 0 Å². The summed E-state index contributed by atoms with van der Waals surface area (Å²) in [5, 5.41) is 8.06. The van der Waals surface area contributed by atoms with E-state index in [4.69, 9.17) is 40.7 Å². The van der Waals surface area contributed by atoms with E-state index in [0.29, 0.717) is 23.9 Å². The third-order valence-corrected chi connectivity index (χ3v) is 3.09. The Hall–Kier alpha value is -1.60. The summed E-state index contributed by atoms with van der Waals surface area (Å²) in [7, 11) is 0. The second-order valence-corrected chi connectivity index (χ2v) is 5.16. The van der Waals surface area contributed by atoms with Gasteiger partial charge in [0.25, 0.3) is 0 Å². The van der Waals surface area contributed by atoms with Crippen LogP contribution in [0.3, 0.4) is 0 Å². The molecule has 0 radical (unpaired) electrons. The van der Waals surface area contributed by atoms with Gasteiger partial charge in [-0.15, -0.1) is 0 Å². The highest BCUT2D eigenvalue weighted by Gasteiger charge is 2.26. The predicted molar refractivity (Wildman–Crippen MR) is 79.3 cm³/mol. The molecule has 6 nitrogen and oxygen atoms in total. The smallest absolute Gasteiger partial charge is 0.189 e. The van der Waals surface area contributed by atoms with E-state index in [1.807, 2.05) is 0 Å². The summed E-state index contributed by atoms with van der Waals surface area (Å²) in [6.45, 7) is 0. The number of nitrogens with zero attached hydrogens (tertiary/aromatic N) is 3. The molecule has 1 aliphatic carbocycles. The summed E-state index contributed by atoms with van der Waals surface area (Å²) < 4.78 is 0. The van der Waals surface area contributed by atoms with Crippen LogP contribution in [0, 0.1) is 11.3 Å². The number of halogens is 1. The molecule has 1 heterocycles. The minimum absolute atomic E-state index is 0.0670. The van der Waals surface area contributed by atoms with Gasteiger partial charge in [0.15, 0.2) is 11.6 Å². The number of hydrogen-bond acceptors (Lipinski definition) is 5. The second-order valence-electron chi connectivity index (χ2n) is 4.31. The molecule has 1 aromatic heterocycles. The highest BCUT2D eigenvalue weighted by Crippen LogP contribution is 2.31. The first-order valence-corrected chi connectivity index (χ1v) is 6.48. The van der Waals surface area contributed by atoms with Gasteiger partial charge in [-0.25, -0.2) is 15.0 Å². The zero-order valence-corrected chi connectivity index (χ0v) is 11.6. The first kappa shape index (κ1) is 13.8. The number of rotatable bonds is 5. The quantitative estimate of drug-likeness (QED) is 0.433. The molecule has 0 unspecified atom stereocenters. The summed E-state index contributed by atoms with van der Waals surface area (Å²) in [5.74, 6) is 1.08. The van der Waals surface area contributed by atoms with Crippen LogP contribution in [0.4, 0.5) is 5.82 Å². The topological polar surface area (TPSA) is 114 Å². The average Bonchev–Trinajstić information content (AvgIpc) is 3.15. The predicted octanol–water partition coefficient (Wildman–Crippen LogP) is 1.57. The van der Waals surface area contributed by atoms with E-state index in [1.54, 1.807) is 0 Å². The van der Waals surface area contributed by atoms with Crippen molar-refractivity contribution < 1.29 is 0 Å². The lowest BCUT2D eigenvalue weighted by atomic mass is 10.2. The van der Waals surface area contributed by atoms with Gasteiger partial charge in [-0.2, -0.15) is 0 Å². The van der Waals surface area contributed by atoms with Crippen molar-refractivity contribution in [1.29, 1.82) is 5.41 Å². The van der Waals surface area contributed by atoms with Gasteiger partial charge >= 0.3 is 0 Å². The van der Waals surface area contributed by atoms with Crippen LogP contribution >= 0.6 is 23.8 Å². The maximum Gasteiger partial charge on any atom is 0.189 e. The lowest BCUT2D eigenvalue weighted by Gasteiger charge is -2.04. The zero-order valence-electron chi connectivity index (χ0n) is 10.1. The SMILES string of the molecule is N=C(CC(N)=Nc1nc(C(N)=S)ncc1Cl)C1CC1. The Kier molecular flexibility index (Phi) is 4.06. The third kappa shape index (κ3) is 3.68. The van der Waals surface area contributed by atoms with Crippen LogP contribution in [0.1, 0.15) is 25.1 Å². The lowest BCUT2D eigenvalue weighted by molar-refractivity contribution is 1.10. The number of nitrogens with one attached hydrogen (secondary N) is 1. The molecule has 0 amide bonds. The van der Waals surface area contributed by atoms with Crippen LogP contribution < -0.4 is 11.5 Å². The molecule has 1 aliphatic rings. The molecule has 0 aliphatic heterocycles. The van der Waals surface area contributed by atoms with E-state index in [1.165, 1.54) is 6.20 Å². The van der Waals surface area contributed by atoms with Crippen molar-refractivity contribution in [3.05, 3.63) is 17.0 Å². The van der Waals surface area contributed by atoms with E-state index in [-0.39, 0.29) is 21.7 Å². The van der Waals surface area contributed by atoms with Crippen LogP contribution in [0.2, 0.25) is 5.02 Å². The molecule has 0 aromatic carbocycles.